The van der Waals surface area contributed by atoms with E-state index in [1.807, 2.05) is 7.05 Å². The topological polar surface area (TPSA) is 24.1 Å². The zero-order chi connectivity index (χ0) is 9.95. The van der Waals surface area contributed by atoms with Crippen molar-refractivity contribution in [2.45, 2.75) is 45.6 Å². The monoisotopic (exact) mass is 184 g/mol. The molecular formula is C11H24N2. The molecule has 13 heavy (non-hydrogen) atoms. The molecule has 1 rings (SSSR count). The van der Waals surface area contributed by atoms with E-state index < -0.39 is 0 Å². The quantitative estimate of drug-likeness (QED) is 0.657. The van der Waals surface area contributed by atoms with Crippen LogP contribution in [0.15, 0.2) is 0 Å². The molecule has 0 amide bonds. The van der Waals surface area contributed by atoms with Crippen molar-refractivity contribution < 1.29 is 0 Å². The third-order valence-corrected chi connectivity index (χ3v) is 3.45. The zero-order valence-corrected chi connectivity index (χ0v) is 9.54. The van der Waals surface area contributed by atoms with Crippen molar-refractivity contribution in [2.24, 2.45) is 5.41 Å². The molecular weight excluding hydrogens is 160 g/mol. The van der Waals surface area contributed by atoms with Gasteiger partial charge in [0.25, 0.3) is 0 Å². The van der Waals surface area contributed by atoms with Gasteiger partial charge in [-0.05, 0) is 45.6 Å². The Kier molecular flexibility index (Phi) is 3.36. The summed E-state index contributed by atoms with van der Waals surface area (Å²) in [7, 11) is 2.02. The molecule has 0 aromatic rings. The maximum Gasteiger partial charge on any atom is 0.0246 e. The van der Waals surface area contributed by atoms with Gasteiger partial charge in [0.1, 0.15) is 0 Å². The van der Waals surface area contributed by atoms with E-state index in [4.69, 9.17) is 0 Å². The first-order valence-corrected chi connectivity index (χ1v) is 5.43. The van der Waals surface area contributed by atoms with E-state index in [1.165, 1.54) is 25.8 Å². The summed E-state index contributed by atoms with van der Waals surface area (Å²) in [5, 5.41) is 6.87. The Morgan fingerprint density at radius 1 is 1.31 bits per heavy atom. The fourth-order valence-corrected chi connectivity index (χ4v) is 1.56. The smallest absolute Gasteiger partial charge is 0.0246 e. The highest BCUT2D eigenvalue weighted by Gasteiger charge is 2.40. The Morgan fingerprint density at radius 3 is 2.31 bits per heavy atom. The van der Waals surface area contributed by atoms with Crippen LogP contribution in [-0.2, 0) is 0 Å². The number of hydrogen-bond donors (Lipinski definition) is 2. The third-order valence-electron chi connectivity index (χ3n) is 3.45. The highest BCUT2D eigenvalue weighted by molar-refractivity contribution is 4.94. The van der Waals surface area contributed by atoms with Crippen LogP contribution >= 0.6 is 0 Å². The lowest BCUT2D eigenvalue weighted by molar-refractivity contribution is 0.360. The van der Waals surface area contributed by atoms with Gasteiger partial charge in [0.15, 0.2) is 0 Å². The fourth-order valence-electron chi connectivity index (χ4n) is 1.56. The van der Waals surface area contributed by atoms with Gasteiger partial charge >= 0.3 is 0 Å². The summed E-state index contributed by atoms with van der Waals surface area (Å²) in [5.74, 6) is 0. The first-order valence-electron chi connectivity index (χ1n) is 5.43. The minimum absolute atomic E-state index is 0.226. The van der Waals surface area contributed by atoms with Gasteiger partial charge in [-0.1, -0.05) is 6.92 Å². The Hall–Kier alpha value is -0.0800. The summed E-state index contributed by atoms with van der Waals surface area (Å²) in [6.07, 6.45) is 4.19. The first-order chi connectivity index (χ1) is 6.04. The second-order valence-corrected chi connectivity index (χ2v) is 5.09. The second kappa shape index (κ2) is 3.97. The summed E-state index contributed by atoms with van der Waals surface area (Å²) < 4.78 is 0. The van der Waals surface area contributed by atoms with Gasteiger partial charge in [-0.3, -0.25) is 0 Å². The van der Waals surface area contributed by atoms with Gasteiger partial charge in [-0.25, -0.2) is 0 Å². The molecule has 78 valence electrons. The molecule has 1 aliphatic rings. The van der Waals surface area contributed by atoms with Crippen LogP contribution in [0.3, 0.4) is 0 Å². The summed E-state index contributed by atoms with van der Waals surface area (Å²) in [6.45, 7) is 9.02. The standard InChI is InChI=1S/C11H24N2/c1-5-11(6-7-11)9-13-8-10(2,3)12-4/h12-13H,5-9H2,1-4H3. The van der Waals surface area contributed by atoms with Crippen LogP contribution in [0, 0.1) is 5.41 Å². The van der Waals surface area contributed by atoms with Gasteiger partial charge in [0, 0.05) is 18.6 Å². The lowest BCUT2D eigenvalue weighted by atomic mass is 10.0. The van der Waals surface area contributed by atoms with E-state index >= 15 is 0 Å². The van der Waals surface area contributed by atoms with Crippen LogP contribution in [-0.4, -0.2) is 25.7 Å². The summed E-state index contributed by atoms with van der Waals surface area (Å²) in [6, 6.07) is 0. The Bertz CT molecular complexity index is 153. The normalized spacial score (nSPS) is 20.3. The first kappa shape index (κ1) is 11.0. The van der Waals surface area contributed by atoms with E-state index in [0.717, 1.165) is 6.54 Å². The van der Waals surface area contributed by atoms with E-state index in [9.17, 15) is 0 Å². The van der Waals surface area contributed by atoms with Gasteiger partial charge in [-0.15, -0.1) is 0 Å². The maximum atomic E-state index is 3.57. The van der Waals surface area contributed by atoms with E-state index in [1.54, 1.807) is 0 Å². The zero-order valence-electron chi connectivity index (χ0n) is 9.54. The van der Waals surface area contributed by atoms with Crippen LogP contribution < -0.4 is 10.6 Å². The Labute approximate surface area is 82.5 Å². The number of nitrogens with one attached hydrogen (secondary N) is 2. The Balaban J connectivity index is 2.14. The molecule has 1 saturated carbocycles. The van der Waals surface area contributed by atoms with Gasteiger partial charge in [0.05, 0.1) is 0 Å². The molecule has 1 fully saturated rings. The van der Waals surface area contributed by atoms with Crippen molar-refractivity contribution in [1.29, 1.82) is 0 Å². The lowest BCUT2D eigenvalue weighted by Gasteiger charge is -2.25. The molecule has 0 saturated heterocycles. The van der Waals surface area contributed by atoms with Gasteiger partial charge < -0.3 is 10.6 Å². The van der Waals surface area contributed by atoms with Crippen LogP contribution in [0.4, 0.5) is 0 Å². The SMILES string of the molecule is CCC1(CNCC(C)(C)NC)CC1. The third kappa shape index (κ3) is 3.28. The molecule has 0 spiro atoms. The molecule has 2 N–H and O–H groups in total. The van der Waals surface area contributed by atoms with Crippen molar-refractivity contribution in [3.8, 4) is 0 Å². The highest BCUT2D eigenvalue weighted by Crippen LogP contribution is 2.47. The van der Waals surface area contributed by atoms with Crippen molar-refractivity contribution in [1.82, 2.24) is 10.6 Å². The molecule has 0 radical (unpaired) electrons. The van der Waals surface area contributed by atoms with Crippen molar-refractivity contribution in [3.63, 3.8) is 0 Å². The minimum atomic E-state index is 0.226. The fraction of sp³-hybridized carbons (Fsp3) is 1.00. The van der Waals surface area contributed by atoms with E-state index in [-0.39, 0.29) is 5.54 Å². The predicted molar refractivity (Wildman–Crippen MR) is 58.0 cm³/mol. The van der Waals surface area contributed by atoms with Crippen LogP contribution in [0.2, 0.25) is 0 Å². The average Bonchev–Trinajstić information content (AvgIpc) is 2.85. The lowest BCUT2D eigenvalue weighted by Crippen LogP contribution is -2.46. The average molecular weight is 184 g/mol. The van der Waals surface area contributed by atoms with Gasteiger partial charge in [-0.2, -0.15) is 0 Å². The summed E-state index contributed by atoms with van der Waals surface area (Å²) >= 11 is 0. The maximum absolute atomic E-state index is 3.57. The highest BCUT2D eigenvalue weighted by atomic mass is 15.0. The minimum Gasteiger partial charge on any atom is -0.314 e. The molecule has 0 atom stereocenters. The molecule has 0 bridgehead atoms. The number of rotatable bonds is 6. The summed E-state index contributed by atoms with van der Waals surface area (Å²) in [4.78, 5) is 0. The van der Waals surface area contributed by atoms with E-state index in [0.29, 0.717) is 5.41 Å². The van der Waals surface area contributed by atoms with Crippen LogP contribution in [0.1, 0.15) is 40.0 Å². The molecule has 0 aromatic carbocycles. The molecule has 1 aliphatic carbocycles. The summed E-state index contributed by atoms with van der Waals surface area (Å²) in [5.41, 5.74) is 0.896. The molecule has 2 nitrogen and oxygen atoms in total. The number of likely N-dealkylation sites (N-methyl/N-ethyl adjacent to an activating group) is 1. The van der Waals surface area contributed by atoms with Crippen molar-refractivity contribution >= 4 is 0 Å². The molecule has 2 heteroatoms. The van der Waals surface area contributed by atoms with Gasteiger partial charge in [0.2, 0.25) is 0 Å². The largest absolute Gasteiger partial charge is 0.314 e. The van der Waals surface area contributed by atoms with E-state index in [2.05, 4.69) is 31.4 Å². The molecule has 0 unspecified atom stereocenters. The van der Waals surface area contributed by atoms with Crippen molar-refractivity contribution in [2.75, 3.05) is 20.1 Å². The predicted octanol–water partition coefficient (Wildman–Crippen LogP) is 1.76. The van der Waals surface area contributed by atoms with Crippen LogP contribution in [0.5, 0.6) is 0 Å². The molecule has 0 aliphatic heterocycles. The molecule has 0 heterocycles. The van der Waals surface area contributed by atoms with Crippen LogP contribution in [0.25, 0.3) is 0 Å². The van der Waals surface area contributed by atoms with Crippen molar-refractivity contribution in [3.05, 3.63) is 0 Å². The Morgan fingerprint density at radius 2 is 1.92 bits per heavy atom. The second-order valence-electron chi connectivity index (χ2n) is 5.09. The molecule has 0 aromatic heterocycles. The number of hydrogen-bond acceptors (Lipinski definition) is 2.